The minimum absolute atomic E-state index is 0.122. The molecule has 0 aliphatic heterocycles. The first-order valence-corrected chi connectivity index (χ1v) is 7.49. The molecule has 2 amide bonds. The van der Waals surface area contributed by atoms with Crippen LogP contribution in [0, 0.1) is 0 Å². The molecule has 126 valence electrons. The average Bonchev–Trinajstić information content (AvgIpc) is 3.13. The molecule has 1 aromatic heterocycles. The quantitative estimate of drug-likeness (QED) is 0.759. The van der Waals surface area contributed by atoms with Crippen LogP contribution < -0.4 is 10.6 Å². The SMILES string of the molecule is CCCNC(=O)COC(=O)c1ccccc1NC(=O)c1ccco1. The molecule has 0 unspecified atom stereocenters. The highest BCUT2D eigenvalue weighted by Crippen LogP contribution is 2.17. The van der Waals surface area contributed by atoms with Gasteiger partial charge in [-0.25, -0.2) is 4.79 Å². The summed E-state index contributed by atoms with van der Waals surface area (Å²) in [5.74, 6) is -1.43. The number of carbonyl (C=O) groups excluding carboxylic acids is 3. The van der Waals surface area contributed by atoms with Crippen molar-refractivity contribution in [3.8, 4) is 0 Å². The molecule has 0 aliphatic carbocycles. The van der Waals surface area contributed by atoms with E-state index in [2.05, 4.69) is 10.6 Å². The molecule has 2 N–H and O–H groups in total. The molecule has 1 heterocycles. The summed E-state index contributed by atoms with van der Waals surface area (Å²) in [6.45, 7) is 2.07. The van der Waals surface area contributed by atoms with Crippen molar-refractivity contribution in [3.05, 3.63) is 54.0 Å². The molecule has 0 saturated heterocycles. The second-order valence-electron chi connectivity index (χ2n) is 4.90. The lowest BCUT2D eigenvalue weighted by molar-refractivity contribution is -0.124. The molecule has 0 fully saturated rings. The number of hydrogen-bond donors (Lipinski definition) is 2. The van der Waals surface area contributed by atoms with Crippen LogP contribution in [-0.4, -0.2) is 30.9 Å². The Bertz CT molecular complexity index is 710. The lowest BCUT2D eigenvalue weighted by atomic mass is 10.1. The van der Waals surface area contributed by atoms with E-state index in [0.29, 0.717) is 6.54 Å². The van der Waals surface area contributed by atoms with E-state index in [1.807, 2.05) is 6.92 Å². The van der Waals surface area contributed by atoms with E-state index in [1.54, 1.807) is 24.3 Å². The zero-order valence-corrected chi connectivity index (χ0v) is 13.2. The van der Waals surface area contributed by atoms with Crippen molar-refractivity contribution < 1.29 is 23.5 Å². The van der Waals surface area contributed by atoms with Crippen molar-refractivity contribution in [1.29, 1.82) is 0 Å². The summed E-state index contributed by atoms with van der Waals surface area (Å²) in [7, 11) is 0. The number of esters is 1. The summed E-state index contributed by atoms with van der Waals surface area (Å²) < 4.78 is 9.98. The Hall–Kier alpha value is -3.09. The Kier molecular flexibility index (Phi) is 6.13. The van der Waals surface area contributed by atoms with Crippen molar-refractivity contribution in [2.75, 3.05) is 18.5 Å². The molecule has 2 aromatic rings. The third-order valence-corrected chi connectivity index (χ3v) is 3.05. The van der Waals surface area contributed by atoms with Gasteiger partial charge in [-0.2, -0.15) is 0 Å². The molecular formula is C17H18N2O5. The molecule has 1 aromatic carbocycles. The highest BCUT2D eigenvalue weighted by Gasteiger charge is 2.17. The maximum absolute atomic E-state index is 12.1. The smallest absolute Gasteiger partial charge is 0.340 e. The largest absolute Gasteiger partial charge is 0.459 e. The fourth-order valence-electron chi connectivity index (χ4n) is 1.89. The number of ether oxygens (including phenoxy) is 1. The van der Waals surface area contributed by atoms with Crippen LogP contribution in [0.2, 0.25) is 0 Å². The molecule has 0 spiro atoms. The second-order valence-corrected chi connectivity index (χ2v) is 4.90. The van der Waals surface area contributed by atoms with Crippen LogP contribution in [0.4, 0.5) is 5.69 Å². The van der Waals surface area contributed by atoms with Gasteiger partial charge in [-0.3, -0.25) is 9.59 Å². The molecule has 7 nitrogen and oxygen atoms in total. The van der Waals surface area contributed by atoms with Gasteiger partial charge >= 0.3 is 5.97 Å². The zero-order valence-electron chi connectivity index (χ0n) is 13.2. The lowest BCUT2D eigenvalue weighted by Gasteiger charge is -2.10. The lowest BCUT2D eigenvalue weighted by Crippen LogP contribution is -2.29. The highest BCUT2D eigenvalue weighted by atomic mass is 16.5. The molecule has 24 heavy (non-hydrogen) atoms. The maximum Gasteiger partial charge on any atom is 0.340 e. The van der Waals surface area contributed by atoms with Crippen LogP contribution in [-0.2, 0) is 9.53 Å². The van der Waals surface area contributed by atoms with E-state index in [0.717, 1.165) is 6.42 Å². The van der Waals surface area contributed by atoms with E-state index in [9.17, 15) is 14.4 Å². The number of furan rings is 1. The minimum Gasteiger partial charge on any atom is -0.459 e. The van der Waals surface area contributed by atoms with Gasteiger partial charge in [0.2, 0.25) is 0 Å². The maximum atomic E-state index is 12.1. The van der Waals surface area contributed by atoms with Crippen LogP contribution in [0.5, 0.6) is 0 Å². The van der Waals surface area contributed by atoms with Crippen molar-refractivity contribution in [3.63, 3.8) is 0 Å². The van der Waals surface area contributed by atoms with Crippen LogP contribution in [0.1, 0.15) is 34.3 Å². The van der Waals surface area contributed by atoms with E-state index in [1.165, 1.54) is 18.4 Å². The summed E-state index contributed by atoms with van der Waals surface area (Å²) in [6.07, 6.45) is 2.17. The first kappa shape index (κ1) is 17.3. The standard InChI is InChI=1S/C17H18N2O5/c1-2-9-18-15(20)11-24-17(22)12-6-3-4-7-13(12)19-16(21)14-8-5-10-23-14/h3-8,10H,2,9,11H2,1H3,(H,18,20)(H,19,21). The van der Waals surface area contributed by atoms with E-state index < -0.39 is 11.9 Å². The number of rotatable bonds is 7. The van der Waals surface area contributed by atoms with Gasteiger partial charge in [0.15, 0.2) is 12.4 Å². The normalized spacial score (nSPS) is 10.0. The van der Waals surface area contributed by atoms with Crippen molar-refractivity contribution in [2.24, 2.45) is 0 Å². The van der Waals surface area contributed by atoms with Crippen molar-refractivity contribution >= 4 is 23.5 Å². The van der Waals surface area contributed by atoms with Gasteiger partial charge in [0.05, 0.1) is 17.5 Å². The van der Waals surface area contributed by atoms with Gasteiger partial charge in [0, 0.05) is 6.54 Å². The van der Waals surface area contributed by atoms with Crippen LogP contribution in [0.25, 0.3) is 0 Å². The summed E-state index contributed by atoms with van der Waals surface area (Å²) in [4.78, 5) is 35.6. The molecule has 0 atom stereocenters. The minimum atomic E-state index is -0.697. The molecule has 0 bridgehead atoms. The van der Waals surface area contributed by atoms with Gasteiger partial charge in [-0.05, 0) is 30.7 Å². The summed E-state index contributed by atoms with van der Waals surface area (Å²) >= 11 is 0. The predicted molar refractivity (Wildman–Crippen MR) is 86.7 cm³/mol. The van der Waals surface area contributed by atoms with E-state index in [-0.39, 0.29) is 29.5 Å². The molecule has 0 radical (unpaired) electrons. The predicted octanol–water partition coefficient (Wildman–Crippen LogP) is 2.21. The number of benzene rings is 1. The van der Waals surface area contributed by atoms with Gasteiger partial charge < -0.3 is 19.8 Å². The fraction of sp³-hybridized carbons (Fsp3) is 0.235. The van der Waals surface area contributed by atoms with Crippen LogP contribution in [0.15, 0.2) is 47.1 Å². The fourth-order valence-corrected chi connectivity index (χ4v) is 1.89. The summed E-state index contributed by atoms with van der Waals surface area (Å²) in [5.41, 5.74) is 0.429. The third-order valence-electron chi connectivity index (χ3n) is 3.05. The Balaban J connectivity index is 2.01. The Labute approximate surface area is 139 Å². The zero-order chi connectivity index (χ0) is 17.4. The molecule has 7 heteroatoms. The van der Waals surface area contributed by atoms with Crippen LogP contribution >= 0.6 is 0 Å². The topological polar surface area (TPSA) is 97.6 Å². The first-order chi connectivity index (χ1) is 11.6. The van der Waals surface area contributed by atoms with E-state index >= 15 is 0 Å². The Morgan fingerprint density at radius 2 is 1.92 bits per heavy atom. The monoisotopic (exact) mass is 330 g/mol. The molecule has 0 saturated carbocycles. The van der Waals surface area contributed by atoms with Gasteiger partial charge in [-0.15, -0.1) is 0 Å². The third kappa shape index (κ3) is 4.70. The summed E-state index contributed by atoms with van der Waals surface area (Å²) in [6, 6.07) is 9.47. The molecule has 0 aliphatic rings. The number of anilines is 1. The highest BCUT2D eigenvalue weighted by molar-refractivity contribution is 6.06. The number of hydrogen-bond acceptors (Lipinski definition) is 5. The van der Waals surface area contributed by atoms with Crippen molar-refractivity contribution in [2.45, 2.75) is 13.3 Å². The molecule has 2 rings (SSSR count). The average molecular weight is 330 g/mol. The summed E-state index contributed by atoms with van der Waals surface area (Å²) in [5, 5.41) is 5.19. The number of para-hydroxylation sites is 1. The van der Waals surface area contributed by atoms with Crippen molar-refractivity contribution in [1.82, 2.24) is 5.32 Å². The van der Waals surface area contributed by atoms with E-state index in [4.69, 9.17) is 9.15 Å². The Morgan fingerprint density at radius 1 is 1.12 bits per heavy atom. The Morgan fingerprint density at radius 3 is 2.62 bits per heavy atom. The number of nitrogens with one attached hydrogen (secondary N) is 2. The van der Waals surface area contributed by atoms with Gasteiger partial charge in [0.25, 0.3) is 11.8 Å². The first-order valence-electron chi connectivity index (χ1n) is 7.49. The molecular weight excluding hydrogens is 312 g/mol. The second kappa shape index (κ2) is 8.52. The number of carbonyl (C=O) groups is 3. The van der Waals surface area contributed by atoms with Gasteiger partial charge in [-0.1, -0.05) is 19.1 Å². The van der Waals surface area contributed by atoms with Crippen LogP contribution in [0.3, 0.4) is 0 Å². The van der Waals surface area contributed by atoms with Gasteiger partial charge in [0.1, 0.15) is 0 Å². The number of amides is 2.